The van der Waals surface area contributed by atoms with Gasteiger partial charge >= 0.3 is 4.87 Å². The molecular weight excluding hydrogens is 310 g/mol. The van der Waals surface area contributed by atoms with E-state index in [2.05, 4.69) is 34.5 Å². The molecule has 6 heteroatoms. The number of amides is 1. The first-order valence-corrected chi connectivity index (χ1v) is 8.53. The van der Waals surface area contributed by atoms with Gasteiger partial charge in [-0.25, -0.2) is 0 Å². The van der Waals surface area contributed by atoms with Crippen molar-refractivity contribution in [2.75, 3.05) is 25.5 Å². The highest BCUT2D eigenvalue weighted by Crippen LogP contribution is 2.13. The second kappa shape index (κ2) is 7.97. The zero-order valence-electron chi connectivity index (χ0n) is 13.8. The van der Waals surface area contributed by atoms with Crippen LogP contribution in [0.15, 0.2) is 34.4 Å². The Kier molecular flexibility index (Phi) is 5.98. The van der Waals surface area contributed by atoms with Gasteiger partial charge in [0.2, 0.25) is 5.91 Å². The maximum atomic E-state index is 11.9. The molecule has 2 rings (SSSR count). The fourth-order valence-electron chi connectivity index (χ4n) is 2.28. The van der Waals surface area contributed by atoms with Gasteiger partial charge < -0.3 is 10.2 Å². The number of thiazole rings is 1. The number of hydrogen-bond donors (Lipinski definition) is 1. The van der Waals surface area contributed by atoms with Crippen molar-refractivity contribution in [3.05, 3.63) is 50.6 Å². The minimum Gasteiger partial charge on any atom is -0.378 e. The summed E-state index contributed by atoms with van der Waals surface area (Å²) in [6.07, 6.45) is 1.80. The summed E-state index contributed by atoms with van der Waals surface area (Å²) in [4.78, 5) is 25.4. The predicted octanol–water partition coefficient (Wildman–Crippen LogP) is 2.03. The van der Waals surface area contributed by atoms with Crippen LogP contribution in [0.5, 0.6) is 0 Å². The number of carbonyl (C=O) groups excluding carboxylic acids is 1. The van der Waals surface area contributed by atoms with Gasteiger partial charge in [-0.1, -0.05) is 23.5 Å². The smallest absolute Gasteiger partial charge is 0.307 e. The lowest BCUT2D eigenvalue weighted by Gasteiger charge is -2.12. The van der Waals surface area contributed by atoms with Gasteiger partial charge in [-0.05, 0) is 37.5 Å². The molecule has 23 heavy (non-hydrogen) atoms. The number of hydrogen-bond acceptors (Lipinski definition) is 4. The molecular formula is C17H23N3O2S. The zero-order valence-corrected chi connectivity index (χ0v) is 14.7. The van der Waals surface area contributed by atoms with Crippen LogP contribution in [-0.4, -0.2) is 31.1 Å². The Morgan fingerprint density at radius 2 is 1.96 bits per heavy atom. The topological polar surface area (TPSA) is 54.3 Å². The zero-order chi connectivity index (χ0) is 16.8. The highest BCUT2D eigenvalue weighted by Gasteiger charge is 2.07. The van der Waals surface area contributed by atoms with Crippen LogP contribution in [0, 0.1) is 6.92 Å². The number of aromatic nitrogens is 1. The lowest BCUT2D eigenvalue weighted by molar-refractivity contribution is -0.121. The van der Waals surface area contributed by atoms with Crippen molar-refractivity contribution >= 4 is 22.9 Å². The molecule has 0 atom stereocenters. The van der Waals surface area contributed by atoms with E-state index in [0.29, 0.717) is 6.54 Å². The first kappa shape index (κ1) is 17.3. The van der Waals surface area contributed by atoms with Gasteiger partial charge in [-0.3, -0.25) is 14.2 Å². The maximum Gasteiger partial charge on any atom is 0.307 e. The van der Waals surface area contributed by atoms with Crippen molar-refractivity contribution in [1.82, 2.24) is 9.88 Å². The molecule has 1 aromatic carbocycles. The molecule has 2 aromatic rings. The lowest BCUT2D eigenvalue weighted by Crippen LogP contribution is -2.31. The van der Waals surface area contributed by atoms with Crippen LogP contribution in [0.2, 0.25) is 0 Å². The van der Waals surface area contributed by atoms with Crippen molar-refractivity contribution in [3.63, 3.8) is 0 Å². The summed E-state index contributed by atoms with van der Waals surface area (Å²) in [6, 6.07) is 8.43. The molecule has 0 saturated carbocycles. The Bertz CT molecular complexity index is 701. The number of rotatable bonds is 7. The molecule has 0 aliphatic rings. The van der Waals surface area contributed by atoms with Crippen LogP contribution in [0.3, 0.4) is 0 Å². The lowest BCUT2D eigenvalue weighted by atomic mass is 10.1. The molecule has 0 spiro atoms. The van der Waals surface area contributed by atoms with Crippen molar-refractivity contribution < 1.29 is 4.79 Å². The van der Waals surface area contributed by atoms with E-state index in [9.17, 15) is 9.59 Å². The average molecular weight is 333 g/mol. The molecule has 5 nitrogen and oxygen atoms in total. The van der Waals surface area contributed by atoms with Crippen molar-refractivity contribution in [3.8, 4) is 0 Å². The van der Waals surface area contributed by atoms with Gasteiger partial charge in [0.05, 0.1) is 0 Å². The quantitative estimate of drug-likeness (QED) is 0.789. The van der Waals surface area contributed by atoms with Crippen LogP contribution >= 0.6 is 11.3 Å². The van der Waals surface area contributed by atoms with Crippen LogP contribution in [0.1, 0.15) is 17.7 Å². The second-order valence-electron chi connectivity index (χ2n) is 5.74. The van der Waals surface area contributed by atoms with Gasteiger partial charge in [0.15, 0.2) is 0 Å². The van der Waals surface area contributed by atoms with Gasteiger partial charge in [0.1, 0.15) is 6.54 Å². The van der Waals surface area contributed by atoms with Crippen LogP contribution in [0.4, 0.5) is 5.69 Å². The van der Waals surface area contributed by atoms with E-state index in [1.165, 1.54) is 15.8 Å². The molecule has 1 N–H and O–H groups in total. The molecule has 0 saturated heterocycles. The number of aryl methyl sites for hydroxylation is 2. The standard InChI is InChI=1S/C17H23N3O2S/c1-13-12-23-17(22)20(13)11-16(21)18-10-4-5-14-6-8-15(9-7-14)19(2)3/h6-9,12H,4-5,10-11H2,1-3H3,(H,18,21). The molecule has 0 radical (unpaired) electrons. The third kappa shape index (κ3) is 4.96. The number of nitrogens with one attached hydrogen (secondary N) is 1. The normalized spacial score (nSPS) is 10.6. The fraction of sp³-hybridized carbons (Fsp3) is 0.412. The van der Waals surface area contributed by atoms with E-state index in [1.54, 1.807) is 5.38 Å². The summed E-state index contributed by atoms with van der Waals surface area (Å²) >= 11 is 1.13. The van der Waals surface area contributed by atoms with Gasteiger partial charge in [-0.15, -0.1) is 0 Å². The van der Waals surface area contributed by atoms with E-state index in [1.807, 2.05) is 21.0 Å². The number of nitrogens with zero attached hydrogens (tertiary/aromatic N) is 2. The van der Waals surface area contributed by atoms with E-state index < -0.39 is 0 Å². The van der Waals surface area contributed by atoms with E-state index >= 15 is 0 Å². The Morgan fingerprint density at radius 3 is 2.52 bits per heavy atom. The van der Waals surface area contributed by atoms with Crippen molar-refractivity contribution in [2.24, 2.45) is 0 Å². The van der Waals surface area contributed by atoms with Crippen molar-refractivity contribution in [1.29, 1.82) is 0 Å². The number of benzene rings is 1. The molecule has 0 aliphatic heterocycles. The largest absolute Gasteiger partial charge is 0.378 e. The second-order valence-corrected chi connectivity index (χ2v) is 6.56. The fourth-order valence-corrected chi connectivity index (χ4v) is 3.01. The molecule has 1 heterocycles. The molecule has 1 aromatic heterocycles. The molecule has 0 aliphatic carbocycles. The van der Waals surface area contributed by atoms with Crippen LogP contribution in [0.25, 0.3) is 0 Å². The van der Waals surface area contributed by atoms with Gasteiger partial charge in [0.25, 0.3) is 0 Å². The Hall–Kier alpha value is -2.08. The third-order valence-electron chi connectivity index (χ3n) is 3.70. The Balaban J connectivity index is 1.73. The van der Waals surface area contributed by atoms with E-state index in [4.69, 9.17) is 0 Å². The average Bonchev–Trinajstić information content (AvgIpc) is 2.84. The summed E-state index contributed by atoms with van der Waals surface area (Å²) in [6.45, 7) is 2.56. The molecule has 0 unspecified atom stereocenters. The van der Waals surface area contributed by atoms with Crippen molar-refractivity contribution in [2.45, 2.75) is 26.3 Å². The first-order chi connectivity index (χ1) is 11.0. The molecule has 0 bridgehead atoms. The molecule has 0 fully saturated rings. The minimum atomic E-state index is -0.114. The highest BCUT2D eigenvalue weighted by atomic mass is 32.1. The summed E-state index contributed by atoms with van der Waals surface area (Å²) in [7, 11) is 4.04. The monoisotopic (exact) mass is 333 g/mol. The van der Waals surface area contributed by atoms with Gasteiger partial charge in [0, 0.05) is 37.4 Å². The van der Waals surface area contributed by atoms with E-state index in [0.717, 1.165) is 29.9 Å². The molecule has 124 valence electrons. The van der Waals surface area contributed by atoms with Crippen LogP contribution < -0.4 is 15.1 Å². The van der Waals surface area contributed by atoms with Gasteiger partial charge in [-0.2, -0.15) is 0 Å². The summed E-state index contributed by atoms with van der Waals surface area (Å²) in [5, 5.41) is 4.64. The first-order valence-electron chi connectivity index (χ1n) is 7.65. The summed E-state index contributed by atoms with van der Waals surface area (Å²) < 4.78 is 1.50. The Labute approximate surface area is 140 Å². The Morgan fingerprint density at radius 1 is 1.26 bits per heavy atom. The van der Waals surface area contributed by atoms with E-state index in [-0.39, 0.29) is 17.3 Å². The summed E-state index contributed by atoms with van der Waals surface area (Å²) in [5.41, 5.74) is 3.27. The predicted molar refractivity (Wildman–Crippen MR) is 95.4 cm³/mol. The minimum absolute atomic E-state index is 0.0846. The summed E-state index contributed by atoms with van der Waals surface area (Å²) in [5.74, 6) is -0.114. The van der Waals surface area contributed by atoms with Crippen LogP contribution in [-0.2, 0) is 17.8 Å². The maximum absolute atomic E-state index is 11.9. The number of carbonyl (C=O) groups is 1. The SMILES string of the molecule is Cc1csc(=O)n1CC(=O)NCCCc1ccc(N(C)C)cc1. The molecule has 1 amide bonds. The highest BCUT2D eigenvalue weighted by molar-refractivity contribution is 7.07. The number of anilines is 1. The third-order valence-corrected chi connectivity index (χ3v) is 4.58.